The van der Waals surface area contributed by atoms with Crippen LogP contribution in [-0.2, 0) is 11.3 Å². The van der Waals surface area contributed by atoms with Gasteiger partial charge in [-0.15, -0.1) is 0 Å². The number of nitrogens with zero attached hydrogens (tertiary/aromatic N) is 2. The molecular formula is C15H24FN3O. The average molecular weight is 281 g/mol. The van der Waals surface area contributed by atoms with Gasteiger partial charge >= 0.3 is 0 Å². The molecular weight excluding hydrogens is 257 g/mol. The van der Waals surface area contributed by atoms with E-state index in [4.69, 9.17) is 4.74 Å². The predicted molar refractivity (Wildman–Crippen MR) is 78.4 cm³/mol. The van der Waals surface area contributed by atoms with E-state index >= 15 is 0 Å². The molecule has 2 rings (SSSR count). The van der Waals surface area contributed by atoms with Crippen molar-refractivity contribution in [3.8, 4) is 0 Å². The molecule has 5 heteroatoms. The molecule has 1 aromatic heterocycles. The zero-order valence-corrected chi connectivity index (χ0v) is 12.4. The SMILES string of the molecule is CCNCc1ccnc(N(C)CCOCC2CC2)c1F. The first-order chi connectivity index (χ1) is 9.72. The fraction of sp³-hybridized carbons (Fsp3) is 0.667. The second-order valence-electron chi connectivity index (χ2n) is 5.33. The fourth-order valence-corrected chi connectivity index (χ4v) is 1.98. The maximum absolute atomic E-state index is 14.3. The summed E-state index contributed by atoms with van der Waals surface area (Å²) in [6.45, 7) is 5.46. The third-order valence-corrected chi connectivity index (χ3v) is 3.50. The summed E-state index contributed by atoms with van der Waals surface area (Å²) in [5.74, 6) is 0.923. The minimum absolute atomic E-state index is 0.238. The molecule has 1 aliphatic carbocycles. The number of hydrogen-bond acceptors (Lipinski definition) is 4. The number of anilines is 1. The largest absolute Gasteiger partial charge is 0.379 e. The van der Waals surface area contributed by atoms with Crippen LogP contribution in [0.15, 0.2) is 12.3 Å². The highest BCUT2D eigenvalue weighted by Gasteiger charge is 2.21. The lowest BCUT2D eigenvalue weighted by Crippen LogP contribution is -2.25. The summed E-state index contributed by atoms with van der Waals surface area (Å²) >= 11 is 0. The molecule has 1 fully saturated rings. The summed E-state index contributed by atoms with van der Waals surface area (Å²) in [5.41, 5.74) is 0.655. The van der Waals surface area contributed by atoms with E-state index in [1.54, 1.807) is 12.3 Å². The normalized spacial score (nSPS) is 14.6. The molecule has 1 aromatic rings. The molecule has 0 spiro atoms. The topological polar surface area (TPSA) is 37.4 Å². The van der Waals surface area contributed by atoms with Crippen LogP contribution in [0.5, 0.6) is 0 Å². The Morgan fingerprint density at radius 2 is 2.30 bits per heavy atom. The molecule has 0 aromatic carbocycles. The number of likely N-dealkylation sites (N-methyl/N-ethyl adjacent to an activating group) is 1. The summed E-state index contributed by atoms with van der Waals surface area (Å²) in [5, 5.41) is 3.13. The van der Waals surface area contributed by atoms with E-state index in [1.807, 2.05) is 18.9 Å². The van der Waals surface area contributed by atoms with Gasteiger partial charge in [-0.2, -0.15) is 0 Å². The molecule has 112 valence electrons. The summed E-state index contributed by atoms with van der Waals surface area (Å²) in [6.07, 6.45) is 4.24. The van der Waals surface area contributed by atoms with Crippen LogP contribution in [0.1, 0.15) is 25.3 Å². The summed E-state index contributed by atoms with van der Waals surface area (Å²) < 4.78 is 19.9. The van der Waals surface area contributed by atoms with Crippen molar-refractivity contribution < 1.29 is 9.13 Å². The summed E-state index contributed by atoms with van der Waals surface area (Å²) in [6, 6.07) is 1.72. The Morgan fingerprint density at radius 3 is 3.00 bits per heavy atom. The minimum atomic E-state index is -0.238. The molecule has 0 amide bonds. The van der Waals surface area contributed by atoms with Crippen LogP contribution in [0.25, 0.3) is 0 Å². The lowest BCUT2D eigenvalue weighted by atomic mass is 10.2. The first-order valence-corrected chi connectivity index (χ1v) is 7.35. The van der Waals surface area contributed by atoms with Crippen LogP contribution >= 0.6 is 0 Å². The van der Waals surface area contributed by atoms with E-state index in [9.17, 15) is 4.39 Å². The Balaban J connectivity index is 1.85. The standard InChI is InChI=1S/C15H24FN3O/c1-3-17-10-13-6-7-18-15(14(13)16)19(2)8-9-20-11-12-4-5-12/h6-7,12,17H,3-5,8-11H2,1-2H3. The Bertz CT molecular complexity index is 424. The summed E-state index contributed by atoms with van der Waals surface area (Å²) in [7, 11) is 1.85. The van der Waals surface area contributed by atoms with E-state index in [-0.39, 0.29) is 5.82 Å². The number of halogens is 1. The van der Waals surface area contributed by atoms with Crippen LogP contribution in [0.4, 0.5) is 10.2 Å². The highest BCUT2D eigenvalue weighted by molar-refractivity contribution is 5.42. The van der Waals surface area contributed by atoms with E-state index in [2.05, 4.69) is 10.3 Å². The molecule has 0 saturated heterocycles. The molecule has 0 aliphatic heterocycles. The third-order valence-electron chi connectivity index (χ3n) is 3.50. The van der Waals surface area contributed by atoms with Gasteiger partial charge in [-0.3, -0.25) is 0 Å². The Labute approximate surface area is 120 Å². The molecule has 0 unspecified atom stereocenters. The number of hydrogen-bond donors (Lipinski definition) is 1. The highest BCUT2D eigenvalue weighted by atomic mass is 19.1. The summed E-state index contributed by atoms with van der Waals surface area (Å²) in [4.78, 5) is 5.96. The number of pyridine rings is 1. The molecule has 0 bridgehead atoms. The van der Waals surface area contributed by atoms with Crippen LogP contribution in [0.2, 0.25) is 0 Å². The number of aromatic nitrogens is 1. The zero-order valence-electron chi connectivity index (χ0n) is 12.4. The zero-order chi connectivity index (χ0) is 14.4. The van der Waals surface area contributed by atoms with Crippen molar-refractivity contribution in [1.29, 1.82) is 0 Å². The smallest absolute Gasteiger partial charge is 0.170 e. The maximum Gasteiger partial charge on any atom is 0.170 e. The van der Waals surface area contributed by atoms with Gasteiger partial charge in [0.15, 0.2) is 11.6 Å². The van der Waals surface area contributed by atoms with Gasteiger partial charge in [0.25, 0.3) is 0 Å². The van der Waals surface area contributed by atoms with Crippen LogP contribution in [0, 0.1) is 11.7 Å². The van der Waals surface area contributed by atoms with Crippen molar-refractivity contribution in [1.82, 2.24) is 10.3 Å². The molecule has 4 nitrogen and oxygen atoms in total. The van der Waals surface area contributed by atoms with Gasteiger partial charge in [0.1, 0.15) is 0 Å². The van der Waals surface area contributed by atoms with Crippen molar-refractivity contribution in [2.75, 3.05) is 38.3 Å². The van der Waals surface area contributed by atoms with Crippen molar-refractivity contribution in [3.05, 3.63) is 23.6 Å². The number of ether oxygens (including phenoxy) is 1. The van der Waals surface area contributed by atoms with Gasteiger partial charge < -0.3 is 15.0 Å². The number of rotatable bonds is 9. The van der Waals surface area contributed by atoms with E-state index in [0.717, 1.165) is 19.1 Å². The van der Waals surface area contributed by atoms with E-state index < -0.39 is 0 Å². The Morgan fingerprint density at radius 1 is 1.50 bits per heavy atom. The number of nitrogens with one attached hydrogen (secondary N) is 1. The van der Waals surface area contributed by atoms with Gasteiger partial charge in [-0.1, -0.05) is 6.92 Å². The van der Waals surface area contributed by atoms with Gasteiger partial charge in [0.05, 0.1) is 6.61 Å². The second kappa shape index (κ2) is 7.55. The lowest BCUT2D eigenvalue weighted by molar-refractivity contribution is 0.130. The van der Waals surface area contributed by atoms with Crippen molar-refractivity contribution in [2.24, 2.45) is 5.92 Å². The highest BCUT2D eigenvalue weighted by Crippen LogP contribution is 2.28. The van der Waals surface area contributed by atoms with Gasteiger partial charge in [0, 0.05) is 38.5 Å². The van der Waals surface area contributed by atoms with E-state index in [0.29, 0.717) is 31.1 Å². The molecule has 20 heavy (non-hydrogen) atoms. The monoisotopic (exact) mass is 281 g/mol. The molecule has 1 saturated carbocycles. The molecule has 1 heterocycles. The average Bonchev–Trinajstić information content (AvgIpc) is 3.26. The van der Waals surface area contributed by atoms with Crippen molar-refractivity contribution >= 4 is 5.82 Å². The second-order valence-corrected chi connectivity index (χ2v) is 5.33. The predicted octanol–water partition coefficient (Wildman–Crippen LogP) is 2.19. The van der Waals surface area contributed by atoms with Crippen molar-refractivity contribution in [2.45, 2.75) is 26.3 Å². The molecule has 0 atom stereocenters. The maximum atomic E-state index is 14.3. The van der Waals surface area contributed by atoms with Gasteiger partial charge in [-0.05, 0) is 31.4 Å². The quantitative estimate of drug-likeness (QED) is 0.704. The Hall–Kier alpha value is -1.20. The van der Waals surface area contributed by atoms with Crippen LogP contribution in [-0.4, -0.2) is 38.3 Å². The Kier molecular flexibility index (Phi) is 5.73. The lowest BCUT2D eigenvalue weighted by Gasteiger charge is -2.19. The molecule has 0 radical (unpaired) electrons. The van der Waals surface area contributed by atoms with Crippen molar-refractivity contribution in [3.63, 3.8) is 0 Å². The molecule has 1 aliphatic rings. The molecule has 1 N–H and O–H groups in total. The third kappa shape index (κ3) is 4.42. The van der Waals surface area contributed by atoms with Gasteiger partial charge in [-0.25, -0.2) is 9.37 Å². The van der Waals surface area contributed by atoms with Crippen LogP contribution < -0.4 is 10.2 Å². The van der Waals surface area contributed by atoms with Crippen LogP contribution in [0.3, 0.4) is 0 Å². The fourth-order valence-electron chi connectivity index (χ4n) is 1.98. The minimum Gasteiger partial charge on any atom is -0.379 e. The first-order valence-electron chi connectivity index (χ1n) is 7.35. The van der Waals surface area contributed by atoms with Gasteiger partial charge in [0.2, 0.25) is 0 Å². The van der Waals surface area contributed by atoms with E-state index in [1.165, 1.54) is 12.8 Å². The first kappa shape index (κ1) is 15.2.